The van der Waals surface area contributed by atoms with E-state index in [1.54, 1.807) is 24.3 Å². The highest BCUT2D eigenvalue weighted by molar-refractivity contribution is 5.83. The lowest BCUT2D eigenvalue weighted by molar-refractivity contribution is -0.129. The average Bonchev–Trinajstić information content (AvgIpc) is 2.98. The number of aromatic nitrogens is 1. The molecule has 3 rings (SSSR count). The van der Waals surface area contributed by atoms with Gasteiger partial charge in [0, 0.05) is 23.6 Å². The Morgan fingerprint density at radius 1 is 1.09 bits per heavy atom. The number of carbonyl (C=O) groups is 1. The molecule has 0 aliphatic carbocycles. The van der Waals surface area contributed by atoms with Crippen LogP contribution in [-0.4, -0.2) is 22.5 Å². The number of rotatable bonds is 5. The first-order chi connectivity index (χ1) is 10.8. The third-order valence-electron chi connectivity index (χ3n) is 3.73. The van der Waals surface area contributed by atoms with Gasteiger partial charge >= 0.3 is 0 Å². The zero-order valence-corrected chi connectivity index (χ0v) is 12.1. The zero-order valence-electron chi connectivity index (χ0n) is 12.1. The van der Waals surface area contributed by atoms with Crippen LogP contribution in [0.2, 0.25) is 0 Å². The fourth-order valence-corrected chi connectivity index (χ4v) is 2.54. The molecule has 1 amide bonds. The molecule has 0 bridgehead atoms. The van der Waals surface area contributed by atoms with Crippen LogP contribution in [0.25, 0.3) is 10.9 Å². The van der Waals surface area contributed by atoms with Crippen molar-refractivity contribution in [3.63, 3.8) is 0 Å². The van der Waals surface area contributed by atoms with Gasteiger partial charge in [0.1, 0.15) is 0 Å². The molecule has 0 aliphatic heterocycles. The average molecular weight is 294 g/mol. The summed E-state index contributed by atoms with van der Waals surface area (Å²) in [6, 6.07) is 17.0. The topological polar surface area (TPSA) is 65.1 Å². The van der Waals surface area contributed by atoms with Gasteiger partial charge in [-0.15, -0.1) is 0 Å². The van der Waals surface area contributed by atoms with E-state index >= 15 is 0 Å². The molecule has 0 radical (unpaired) electrons. The van der Waals surface area contributed by atoms with Crippen LogP contribution in [0.4, 0.5) is 0 Å². The van der Waals surface area contributed by atoms with Crippen molar-refractivity contribution in [1.29, 1.82) is 0 Å². The maximum Gasteiger partial charge on any atom is 0.253 e. The van der Waals surface area contributed by atoms with Crippen LogP contribution in [0, 0.1) is 0 Å². The summed E-state index contributed by atoms with van der Waals surface area (Å²) in [4.78, 5) is 15.2. The van der Waals surface area contributed by atoms with Gasteiger partial charge in [-0.05, 0) is 23.6 Å². The number of aliphatic hydroxyl groups excluding tert-OH is 1. The number of amides is 1. The van der Waals surface area contributed by atoms with Crippen LogP contribution in [-0.2, 0) is 11.2 Å². The highest BCUT2D eigenvalue weighted by atomic mass is 16.3. The van der Waals surface area contributed by atoms with Crippen molar-refractivity contribution in [3.8, 4) is 0 Å². The van der Waals surface area contributed by atoms with Gasteiger partial charge in [0.2, 0.25) is 0 Å². The second kappa shape index (κ2) is 6.45. The van der Waals surface area contributed by atoms with Gasteiger partial charge < -0.3 is 15.4 Å². The Morgan fingerprint density at radius 2 is 1.82 bits per heavy atom. The molecule has 0 saturated heterocycles. The van der Waals surface area contributed by atoms with Crippen LogP contribution in [0.15, 0.2) is 60.8 Å². The Morgan fingerprint density at radius 3 is 2.64 bits per heavy atom. The normalized spacial score (nSPS) is 12.2. The number of para-hydroxylation sites is 1. The van der Waals surface area contributed by atoms with Crippen molar-refractivity contribution in [2.24, 2.45) is 0 Å². The van der Waals surface area contributed by atoms with Crippen LogP contribution in [0.5, 0.6) is 0 Å². The molecule has 1 atom stereocenters. The SMILES string of the molecule is O=C(NCCc1c[nH]c2ccccc12)[C@@H](O)c1ccccc1. The maximum atomic E-state index is 12.0. The Hall–Kier alpha value is -2.59. The van der Waals surface area contributed by atoms with Crippen molar-refractivity contribution >= 4 is 16.8 Å². The third-order valence-corrected chi connectivity index (χ3v) is 3.73. The number of aliphatic hydroxyl groups is 1. The Kier molecular flexibility index (Phi) is 4.21. The van der Waals surface area contributed by atoms with Crippen molar-refractivity contribution < 1.29 is 9.90 Å². The number of aromatic amines is 1. The van der Waals surface area contributed by atoms with Crippen molar-refractivity contribution in [1.82, 2.24) is 10.3 Å². The lowest BCUT2D eigenvalue weighted by Gasteiger charge is -2.11. The zero-order chi connectivity index (χ0) is 15.4. The fourth-order valence-electron chi connectivity index (χ4n) is 2.54. The first kappa shape index (κ1) is 14.4. The first-order valence-electron chi connectivity index (χ1n) is 7.31. The molecule has 0 aliphatic rings. The fraction of sp³-hybridized carbons (Fsp3) is 0.167. The summed E-state index contributed by atoms with van der Waals surface area (Å²) >= 11 is 0. The van der Waals surface area contributed by atoms with Crippen molar-refractivity contribution in [2.45, 2.75) is 12.5 Å². The van der Waals surface area contributed by atoms with E-state index < -0.39 is 6.10 Å². The van der Waals surface area contributed by atoms with Crippen LogP contribution in [0.1, 0.15) is 17.2 Å². The van der Waals surface area contributed by atoms with Gasteiger partial charge in [0.25, 0.3) is 5.91 Å². The molecule has 3 N–H and O–H groups in total. The van der Waals surface area contributed by atoms with Crippen molar-refractivity contribution in [2.75, 3.05) is 6.54 Å². The summed E-state index contributed by atoms with van der Waals surface area (Å²) in [6.07, 6.45) is 1.56. The van der Waals surface area contributed by atoms with Gasteiger partial charge in [0.15, 0.2) is 6.10 Å². The maximum absolute atomic E-state index is 12.0. The number of hydrogen-bond donors (Lipinski definition) is 3. The molecular weight excluding hydrogens is 276 g/mol. The first-order valence-corrected chi connectivity index (χ1v) is 7.31. The molecule has 4 nitrogen and oxygen atoms in total. The van der Waals surface area contributed by atoms with E-state index in [4.69, 9.17) is 0 Å². The van der Waals surface area contributed by atoms with Crippen LogP contribution >= 0.6 is 0 Å². The molecule has 1 aromatic heterocycles. The summed E-state index contributed by atoms with van der Waals surface area (Å²) in [5.41, 5.74) is 2.85. The number of benzene rings is 2. The third kappa shape index (κ3) is 3.02. The minimum Gasteiger partial charge on any atom is -0.378 e. The van der Waals surface area contributed by atoms with Crippen LogP contribution < -0.4 is 5.32 Å². The summed E-state index contributed by atoms with van der Waals surface area (Å²) in [6.45, 7) is 0.491. The molecule has 1 heterocycles. The highest BCUT2D eigenvalue weighted by Gasteiger charge is 2.16. The van der Waals surface area contributed by atoms with E-state index in [9.17, 15) is 9.90 Å². The van der Waals surface area contributed by atoms with E-state index in [-0.39, 0.29) is 5.91 Å². The lowest BCUT2D eigenvalue weighted by atomic mass is 10.1. The quantitative estimate of drug-likeness (QED) is 0.677. The monoisotopic (exact) mass is 294 g/mol. The molecule has 112 valence electrons. The summed E-state index contributed by atoms with van der Waals surface area (Å²) < 4.78 is 0. The Balaban J connectivity index is 1.58. The summed E-state index contributed by atoms with van der Waals surface area (Å²) in [7, 11) is 0. The Labute approximate surface area is 128 Å². The van der Waals surface area contributed by atoms with E-state index in [1.807, 2.05) is 30.5 Å². The number of H-pyrrole nitrogens is 1. The second-order valence-electron chi connectivity index (χ2n) is 5.21. The van der Waals surface area contributed by atoms with Crippen LogP contribution in [0.3, 0.4) is 0 Å². The second-order valence-corrected chi connectivity index (χ2v) is 5.21. The minimum atomic E-state index is -1.12. The number of nitrogens with one attached hydrogen (secondary N) is 2. The van der Waals surface area contributed by atoms with Crippen molar-refractivity contribution in [3.05, 3.63) is 71.9 Å². The molecular formula is C18H18N2O2. The number of carbonyl (C=O) groups excluding carboxylic acids is 1. The predicted molar refractivity (Wildman–Crippen MR) is 86.4 cm³/mol. The van der Waals surface area contributed by atoms with Gasteiger partial charge in [0.05, 0.1) is 0 Å². The van der Waals surface area contributed by atoms with E-state index in [1.165, 1.54) is 5.39 Å². The van der Waals surface area contributed by atoms with E-state index in [0.717, 1.165) is 17.5 Å². The largest absolute Gasteiger partial charge is 0.378 e. The molecule has 22 heavy (non-hydrogen) atoms. The van der Waals surface area contributed by atoms with E-state index in [2.05, 4.69) is 16.4 Å². The summed E-state index contributed by atoms with van der Waals surface area (Å²) in [5, 5.41) is 13.9. The Bertz CT molecular complexity index is 765. The summed E-state index contributed by atoms with van der Waals surface area (Å²) in [5.74, 6) is -0.369. The molecule has 2 aromatic carbocycles. The molecule has 3 aromatic rings. The molecule has 0 unspecified atom stereocenters. The van der Waals surface area contributed by atoms with E-state index in [0.29, 0.717) is 12.1 Å². The smallest absolute Gasteiger partial charge is 0.253 e. The standard InChI is InChI=1S/C18H18N2O2/c21-17(13-6-2-1-3-7-13)18(22)19-11-10-14-12-20-16-9-5-4-8-15(14)16/h1-9,12,17,20-21H,10-11H2,(H,19,22)/t17-/m0/s1. The molecule has 4 heteroatoms. The van der Waals surface area contributed by atoms with Gasteiger partial charge in [-0.2, -0.15) is 0 Å². The molecule has 0 saturated carbocycles. The number of fused-ring (bicyclic) bond motifs is 1. The predicted octanol–water partition coefficient (Wildman–Crippen LogP) is 2.56. The molecule has 0 fully saturated rings. The highest BCUT2D eigenvalue weighted by Crippen LogP contribution is 2.18. The number of hydrogen-bond acceptors (Lipinski definition) is 2. The van der Waals surface area contributed by atoms with Gasteiger partial charge in [-0.3, -0.25) is 4.79 Å². The molecule has 0 spiro atoms. The minimum absolute atomic E-state index is 0.369. The van der Waals surface area contributed by atoms with Gasteiger partial charge in [-0.1, -0.05) is 48.5 Å². The lowest BCUT2D eigenvalue weighted by Crippen LogP contribution is -2.30. The van der Waals surface area contributed by atoms with Gasteiger partial charge in [-0.25, -0.2) is 0 Å².